The minimum Gasteiger partial charge on any atom is -0.493 e. The highest BCUT2D eigenvalue weighted by atomic mass is 16.5. The molecule has 4 N–H and O–H groups in total. The Hall–Kier alpha value is -3.54. The van der Waals surface area contributed by atoms with Gasteiger partial charge in [0.05, 0.1) is 14.2 Å². The third-order valence-electron chi connectivity index (χ3n) is 4.84. The van der Waals surface area contributed by atoms with Crippen LogP contribution in [0.2, 0.25) is 0 Å². The maximum atomic E-state index is 6.02. The highest BCUT2D eigenvalue weighted by molar-refractivity contribution is 5.76. The maximum absolute atomic E-state index is 6.02. The fraction of sp³-hybridized carbons (Fsp3) is 0.250. The zero-order valence-electron chi connectivity index (χ0n) is 17.7. The zero-order chi connectivity index (χ0) is 21.5. The van der Waals surface area contributed by atoms with Gasteiger partial charge in [-0.15, -0.1) is 0 Å². The predicted molar refractivity (Wildman–Crippen MR) is 123 cm³/mol. The molecule has 0 saturated heterocycles. The lowest BCUT2D eigenvalue weighted by Gasteiger charge is -2.16. The van der Waals surface area contributed by atoms with E-state index in [1.165, 1.54) is 5.56 Å². The van der Waals surface area contributed by atoms with Gasteiger partial charge in [0, 0.05) is 23.7 Å². The van der Waals surface area contributed by atoms with Crippen molar-refractivity contribution in [1.82, 2.24) is 9.97 Å². The largest absolute Gasteiger partial charge is 0.493 e. The summed E-state index contributed by atoms with van der Waals surface area (Å²) < 4.78 is 11.3. The lowest BCUT2D eigenvalue weighted by molar-refractivity contribution is 0.356. The van der Waals surface area contributed by atoms with E-state index in [1.807, 2.05) is 6.07 Å². The molecule has 0 aliphatic heterocycles. The number of nitrogens with two attached hydrogens (primary N) is 2. The van der Waals surface area contributed by atoms with Crippen molar-refractivity contribution < 1.29 is 9.47 Å². The first-order valence-corrected chi connectivity index (χ1v) is 9.94. The third kappa shape index (κ3) is 4.89. The van der Waals surface area contributed by atoms with Crippen LogP contribution in [0.5, 0.6) is 11.5 Å². The van der Waals surface area contributed by atoms with Gasteiger partial charge in [-0.25, -0.2) is 4.98 Å². The topological polar surface area (TPSA) is 96.3 Å². The van der Waals surface area contributed by atoms with Gasteiger partial charge in [-0.05, 0) is 35.2 Å². The summed E-state index contributed by atoms with van der Waals surface area (Å²) in [4.78, 5) is 8.11. The molecule has 2 aromatic carbocycles. The van der Waals surface area contributed by atoms with Crippen LogP contribution in [0.3, 0.4) is 0 Å². The summed E-state index contributed by atoms with van der Waals surface area (Å²) in [6, 6.07) is 12.4. The number of methoxy groups -OCH3 is 2. The van der Waals surface area contributed by atoms with E-state index < -0.39 is 0 Å². The van der Waals surface area contributed by atoms with Gasteiger partial charge < -0.3 is 20.9 Å². The second-order valence-electron chi connectivity index (χ2n) is 7.01. The molecular weight excluding hydrogens is 376 g/mol. The zero-order valence-corrected chi connectivity index (χ0v) is 17.7. The number of hydrogen-bond donors (Lipinski definition) is 2. The lowest BCUT2D eigenvalue weighted by atomic mass is 9.97. The highest BCUT2D eigenvalue weighted by Crippen LogP contribution is 2.40. The molecule has 0 radical (unpaired) electrons. The SMILES string of the molecule is CCC/C=C/c1ccc(-c2cc(Cc3cnc(N)nc3N)cc(OC)c2OC)cc1. The summed E-state index contributed by atoms with van der Waals surface area (Å²) in [6.45, 7) is 2.17. The fourth-order valence-corrected chi connectivity index (χ4v) is 3.29. The Bertz CT molecular complexity index is 1030. The van der Waals surface area contributed by atoms with Gasteiger partial charge in [0.2, 0.25) is 5.95 Å². The highest BCUT2D eigenvalue weighted by Gasteiger charge is 2.15. The smallest absolute Gasteiger partial charge is 0.221 e. The van der Waals surface area contributed by atoms with Crippen molar-refractivity contribution >= 4 is 17.8 Å². The first-order chi connectivity index (χ1) is 14.5. The van der Waals surface area contributed by atoms with E-state index in [2.05, 4.69) is 59.4 Å². The Morgan fingerprint density at radius 3 is 2.43 bits per heavy atom. The van der Waals surface area contributed by atoms with Crippen LogP contribution in [0.4, 0.5) is 11.8 Å². The van der Waals surface area contributed by atoms with E-state index in [9.17, 15) is 0 Å². The third-order valence-corrected chi connectivity index (χ3v) is 4.84. The molecule has 6 heteroatoms. The number of allylic oxidation sites excluding steroid dienone is 1. The second-order valence-corrected chi connectivity index (χ2v) is 7.01. The van der Waals surface area contributed by atoms with Crippen LogP contribution in [0.15, 0.2) is 48.7 Å². The standard InChI is InChI=1S/C24H28N4O2/c1-4-5-6-7-16-8-10-18(11-9-16)20-13-17(14-21(29-2)22(20)30-3)12-19-15-27-24(26)28-23(19)25/h6-11,13-15H,4-5,12H2,1-3H3,(H4,25,26,27,28)/b7-6+. The van der Waals surface area contributed by atoms with Crippen LogP contribution in [-0.4, -0.2) is 24.2 Å². The molecule has 0 saturated carbocycles. The van der Waals surface area contributed by atoms with Crippen molar-refractivity contribution in [3.05, 3.63) is 65.4 Å². The first-order valence-electron chi connectivity index (χ1n) is 9.94. The Morgan fingerprint density at radius 1 is 1.03 bits per heavy atom. The molecule has 0 amide bonds. The van der Waals surface area contributed by atoms with E-state index in [0.29, 0.717) is 23.7 Å². The Labute approximate surface area is 177 Å². The van der Waals surface area contributed by atoms with E-state index >= 15 is 0 Å². The number of unbranched alkanes of at least 4 members (excludes halogenated alkanes) is 1. The normalized spacial score (nSPS) is 11.0. The number of nitrogens with zero attached hydrogens (tertiary/aromatic N) is 2. The number of ether oxygens (including phenoxy) is 2. The van der Waals surface area contributed by atoms with Crippen LogP contribution < -0.4 is 20.9 Å². The van der Waals surface area contributed by atoms with Gasteiger partial charge in [-0.3, -0.25) is 0 Å². The molecule has 1 heterocycles. The average Bonchev–Trinajstić information content (AvgIpc) is 2.75. The average molecular weight is 405 g/mol. The van der Waals surface area contributed by atoms with Gasteiger partial charge in [-0.2, -0.15) is 4.98 Å². The summed E-state index contributed by atoms with van der Waals surface area (Å²) in [7, 11) is 3.28. The van der Waals surface area contributed by atoms with Crippen molar-refractivity contribution in [3.63, 3.8) is 0 Å². The molecule has 6 nitrogen and oxygen atoms in total. The summed E-state index contributed by atoms with van der Waals surface area (Å²) in [6.07, 6.45) is 8.77. The van der Waals surface area contributed by atoms with E-state index in [1.54, 1.807) is 20.4 Å². The van der Waals surface area contributed by atoms with Gasteiger partial charge >= 0.3 is 0 Å². The number of benzene rings is 2. The van der Waals surface area contributed by atoms with Crippen molar-refractivity contribution in [3.8, 4) is 22.6 Å². The minimum atomic E-state index is 0.164. The Kier molecular flexibility index (Phi) is 6.91. The summed E-state index contributed by atoms with van der Waals surface area (Å²) in [5.74, 6) is 1.89. The molecule has 3 rings (SSSR count). The molecule has 1 aromatic heterocycles. The maximum Gasteiger partial charge on any atom is 0.221 e. The molecule has 0 unspecified atom stereocenters. The van der Waals surface area contributed by atoms with Crippen LogP contribution >= 0.6 is 0 Å². The quantitative estimate of drug-likeness (QED) is 0.563. The monoisotopic (exact) mass is 404 g/mol. The second kappa shape index (κ2) is 9.78. The van der Waals surface area contributed by atoms with Crippen molar-refractivity contribution in [2.24, 2.45) is 0 Å². The molecule has 0 aliphatic rings. The summed E-state index contributed by atoms with van der Waals surface area (Å²) >= 11 is 0. The Balaban J connectivity index is 1.99. The number of rotatable bonds is 8. The van der Waals surface area contributed by atoms with Gasteiger partial charge in [0.15, 0.2) is 11.5 Å². The molecule has 30 heavy (non-hydrogen) atoms. The first kappa shape index (κ1) is 21.2. The van der Waals surface area contributed by atoms with E-state index in [-0.39, 0.29) is 5.95 Å². The molecule has 3 aromatic rings. The number of nitrogen functional groups attached to an aromatic ring is 2. The Morgan fingerprint density at radius 2 is 1.80 bits per heavy atom. The molecule has 0 bridgehead atoms. The summed E-state index contributed by atoms with van der Waals surface area (Å²) in [5, 5.41) is 0. The van der Waals surface area contributed by atoms with E-state index in [0.717, 1.165) is 35.1 Å². The molecule has 156 valence electrons. The predicted octanol–water partition coefficient (Wildman–Crippen LogP) is 4.73. The lowest BCUT2D eigenvalue weighted by Crippen LogP contribution is -2.04. The minimum absolute atomic E-state index is 0.164. The van der Waals surface area contributed by atoms with Crippen LogP contribution in [-0.2, 0) is 6.42 Å². The fourth-order valence-electron chi connectivity index (χ4n) is 3.29. The number of aromatic nitrogens is 2. The molecular formula is C24H28N4O2. The number of hydrogen-bond acceptors (Lipinski definition) is 6. The van der Waals surface area contributed by atoms with Crippen LogP contribution in [0, 0.1) is 0 Å². The van der Waals surface area contributed by atoms with Crippen LogP contribution in [0.25, 0.3) is 17.2 Å². The van der Waals surface area contributed by atoms with Gasteiger partial charge in [-0.1, -0.05) is 49.8 Å². The molecule has 0 fully saturated rings. The van der Waals surface area contributed by atoms with Crippen LogP contribution in [0.1, 0.15) is 36.5 Å². The summed E-state index contributed by atoms with van der Waals surface area (Å²) in [5.41, 5.74) is 16.6. The van der Waals surface area contributed by atoms with E-state index in [4.69, 9.17) is 20.9 Å². The molecule has 0 spiro atoms. The molecule has 0 aliphatic carbocycles. The van der Waals surface area contributed by atoms with Gasteiger partial charge in [0.1, 0.15) is 5.82 Å². The number of anilines is 2. The van der Waals surface area contributed by atoms with Crippen molar-refractivity contribution in [2.75, 3.05) is 25.7 Å². The van der Waals surface area contributed by atoms with Crippen molar-refractivity contribution in [1.29, 1.82) is 0 Å². The molecule has 0 atom stereocenters. The van der Waals surface area contributed by atoms with Gasteiger partial charge in [0.25, 0.3) is 0 Å². The van der Waals surface area contributed by atoms with Crippen molar-refractivity contribution in [2.45, 2.75) is 26.2 Å².